The number of carbonyl (C=O) groups is 1. The van der Waals surface area contributed by atoms with Gasteiger partial charge in [-0.2, -0.15) is 0 Å². The second-order valence-corrected chi connectivity index (χ2v) is 4.84. The molecule has 1 fully saturated rings. The highest BCUT2D eigenvalue weighted by Crippen LogP contribution is 2.44. The molecule has 0 radical (unpaired) electrons. The molecular formula is C14H19NO. The van der Waals surface area contributed by atoms with Crippen molar-refractivity contribution >= 4 is 5.91 Å². The number of benzene rings is 1. The van der Waals surface area contributed by atoms with Crippen molar-refractivity contribution in [1.29, 1.82) is 0 Å². The molecular weight excluding hydrogens is 198 g/mol. The normalized spacial score (nSPS) is 17.8. The van der Waals surface area contributed by atoms with Gasteiger partial charge in [0.05, 0.1) is 0 Å². The minimum atomic E-state index is -0.158. The highest BCUT2D eigenvalue weighted by atomic mass is 16.1. The van der Waals surface area contributed by atoms with E-state index in [4.69, 9.17) is 5.73 Å². The van der Waals surface area contributed by atoms with Gasteiger partial charge in [0, 0.05) is 5.41 Å². The molecule has 0 unspecified atom stereocenters. The lowest BCUT2D eigenvalue weighted by molar-refractivity contribution is -0.133. The van der Waals surface area contributed by atoms with Gasteiger partial charge >= 0.3 is 0 Å². The molecule has 0 bridgehead atoms. The van der Waals surface area contributed by atoms with E-state index >= 15 is 0 Å². The first kappa shape index (κ1) is 11.2. The minimum absolute atomic E-state index is 0.0909. The molecule has 1 aliphatic carbocycles. The SMILES string of the molecule is NC(=O)C1(CCCc2ccccc2)CCC1. The zero-order chi connectivity index (χ0) is 11.4. The van der Waals surface area contributed by atoms with Crippen molar-refractivity contribution in [3.63, 3.8) is 0 Å². The molecule has 0 aromatic heterocycles. The highest BCUT2D eigenvalue weighted by molar-refractivity contribution is 5.81. The van der Waals surface area contributed by atoms with Crippen molar-refractivity contribution in [1.82, 2.24) is 0 Å². The molecule has 1 amide bonds. The third kappa shape index (κ3) is 2.26. The Balaban J connectivity index is 1.82. The van der Waals surface area contributed by atoms with Crippen LogP contribution in [0.25, 0.3) is 0 Å². The highest BCUT2D eigenvalue weighted by Gasteiger charge is 2.41. The van der Waals surface area contributed by atoms with E-state index in [0.29, 0.717) is 0 Å². The van der Waals surface area contributed by atoms with E-state index in [1.54, 1.807) is 0 Å². The molecule has 1 saturated carbocycles. The van der Waals surface area contributed by atoms with Gasteiger partial charge in [-0.1, -0.05) is 36.8 Å². The maximum absolute atomic E-state index is 11.4. The van der Waals surface area contributed by atoms with Crippen molar-refractivity contribution in [3.05, 3.63) is 35.9 Å². The van der Waals surface area contributed by atoms with Gasteiger partial charge < -0.3 is 5.73 Å². The zero-order valence-electron chi connectivity index (χ0n) is 9.61. The standard InChI is InChI=1S/C14H19NO/c15-13(16)14(10-5-11-14)9-4-8-12-6-2-1-3-7-12/h1-3,6-7H,4-5,8-11H2,(H2,15,16). The average Bonchev–Trinajstić information content (AvgIpc) is 2.23. The van der Waals surface area contributed by atoms with Gasteiger partial charge in [0.2, 0.25) is 5.91 Å². The van der Waals surface area contributed by atoms with Crippen LogP contribution in [0.15, 0.2) is 30.3 Å². The Morgan fingerprint density at radius 2 is 1.94 bits per heavy atom. The lowest BCUT2D eigenvalue weighted by Gasteiger charge is -2.38. The minimum Gasteiger partial charge on any atom is -0.369 e. The van der Waals surface area contributed by atoms with E-state index in [-0.39, 0.29) is 11.3 Å². The van der Waals surface area contributed by atoms with Crippen molar-refractivity contribution in [2.75, 3.05) is 0 Å². The molecule has 0 spiro atoms. The molecule has 0 aliphatic heterocycles. The maximum Gasteiger partial charge on any atom is 0.223 e. The van der Waals surface area contributed by atoms with Gasteiger partial charge in [-0.25, -0.2) is 0 Å². The van der Waals surface area contributed by atoms with E-state index in [0.717, 1.165) is 38.5 Å². The van der Waals surface area contributed by atoms with Crippen LogP contribution in [0.2, 0.25) is 0 Å². The number of hydrogen-bond donors (Lipinski definition) is 1. The fraction of sp³-hybridized carbons (Fsp3) is 0.500. The van der Waals surface area contributed by atoms with Crippen molar-refractivity contribution in [2.45, 2.75) is 38.5 Å². The summed E-state index contributed by atoms with van der Waals surface area (Å²) in [7, 11) is 0. The van der Waals surface area contributed by atoms with Crippen LogP contribution in [-0.4, -0.2) is 5.91 Å². The van der Waals surface area contributed by atoms with Crippen LogP contribution in [0.1, 0.15) is 37.7 Å². The molecule has 0 saturated heterocycles. The van der Waals surface area contributed by atoms with Gasteiger partial charge in [-0.3, -0.25) is 4.79 Å². The van der Waals surface area contributed by atoms with E-state index in [1.807, 2.05) is 6.07 Å². The molecule has 0 heterocycles. The summed E-state index contributed by atoms with van der Waals surface area (Å²) in [6.45, 7) is 0. The van der Waals surface area contributed by atoms with Gasteiger partial charge in [-0.15, -0.1) is 0 Å². The Kier molecular flexibility index (Phi) is 3.28. The summed E-state index contributed by atoms with van der Waals surface area (Å²) >= 11 is 0. The quantitative estimate of drug-likeness (QED) is 0.809. The van der Waals surface area contributed by atoms with E-state index in [2.05, 4.69) is 24.3 Å². The maximum atomic E-state index is 11.4. The number of amides is 1. The lowest BCUT2D eigenvalue weighted by atomic mass is 9.65. The van der Waals surface area contributed by atoms with Crippen LogP contribution < -0.4 is 5.73 Å². The zero-order valence-corrected chi connectivity index (χ0v) is 9.61. The Morgan fingerprint density at radius 1 is 1.25 bits per heavy atom. The smallest absolute Gasteiger partial charge is 0.223 e. The van der Waals surface area contributed by atoms with Crippen LogP contribution in [0.3, 0.4) is 0 Å². The molecule has 86 valence electrons. The fourth-order valence-corrected chi connectivity index (χ4v) is 2.50. The summed E-state index contributed by atoms with van der Waals surface area (Å²) < 4.78 is 0. The third-order valence-electron chi connectivity index (χ3n) is 3.80. The number of hydrogen-bond acceptors (Lipinski definition) is 1. The molecule has 16 heavy (non-hydrogen) atoms. The number of aryl methyl sites for hydroxylation is 1. The summed E-state index contributed by atoms with van der Waals surface area (Å²) in [5.74, 6) is -0.0909. The van der Waals surface area contributed by atoms with Crippen molar-refractivity contribution in [2.24, 2.45) is 11.1 Å². The van der Waals surface area contributed by atoms with E-state index < -0.39 is 0 Å². The second kappa shape index (κ2) is 4.69. The largest absolute Gasteiger partial charge is 0.369 e. The average molecular weight is 217 g/mol. The first-order valence-electron chi connectivity index (χ1n) is 6.07. The monoisotopic (exact) mass is 217 g/mol. The number of nitrogens with two attached hydrogens (primary N) is 1. The van der Waals surface area contributed by atoms with Crippen molar-refractivity contribution < 1.29 is 4.79 Å². The van der Waals surface area contributed by atoms with Crippen LogP contribution in [0.4, 0.5) is 0 Å². The number of primary amides is 1. The predicted molar refractivity (Wildman–Crippen MR) is 64.9 cm³/mol. The predicted octanol–water partition coefficient (Wildman–Crippen LogP) is 2.66. The summed E-state index contributed by atoms with van der Waals surface area (Å²) in [4.78, 5) is 11.4. The Hall–Kier alpha value is -1.31. The number of rotatable bonds is 5. The van der Waals surface area contributed by atoms with Gasteiger partial charge in [-0.05, 0) is 37.7 Å². The first-order valence-corrected chi connectivity index (χ1v) is 6.07. The van der Waals surface area contributed by atoms with Gasteiger partial charge in [0.1, 0.15) is 0 Å². The second-order valence-electron chi connectivity index (χ2n) is 4.84. The van der Waals surface area contributed by atoms with Crippen LogP contribution >= 0.6 is 0 Å². The molecule has 1 aliphatic rings. The Labute approximate surface area is 96.8 Å². The van der Waals surface area contributed by atoms with Crippen molar-refractivity contribution in [3.8, 4) is 0 Å². The van der Waals surface area contributed by atoms with Gasteiger partial charge in [0.25, 0.3) is 0 Å². The van der Waals surface area contributed by atoms with Crippen LogP contribution in [0.5, 0.6) is 0 Å². The molecule has 2 N–H and O–H groups in total. The Bertz CT molecular complexity index is 354. The molecule has 1 aromatic rings. The molecule has 1 aromatic carbocycles. The van der Waals surface area contributed by atoms with E-state index in [1.165, 1.54) is 5.56 Å². The summed E-state index contributed by atoms with van der Waals surface area (Å²) in [5, 5.41) is 0. The van der Waals surface area contributed by atoms with Crippen LogP contribution in [0, 0.1) is 5.41 Å². The molecule has 2 rings (SSSR count). The summed E-state index contributed by atoms with van der Waals surface area (Å²) in [5.41, 5.74) is 6.66. The molecule has 0 atom stereocenters. The number of carbonyl (C=O) groups excluding carboxylic acids is 1. The van der Waals surface area contributed by atoms with E-state index in [9.17, 15) is 4.79 Å². The first-order chi connectivity index (χ1) is 7.73. The summed E-state index contributed by atoms with van der Waals surface area (Å²) in [6.07, 6.45) is 6.22. The Morgan fingerprint density at radius 3 is 2.44 bits per heavy atom. The molecule has 2 nitrogen and oxygen atoms in total. The fourth-order valence-electron chi connectivity index (χ4n) is 2.50. The molecule has 2 heteroatoms. The topological polar surface area (TPSA) is 43.1 Å². The third-order valence-corrected chi connectivity index (χ3v) is 3.80. The lowest BCUT2D eigenvalue weighted by Crippen LogP contribution is -2.42. The van der Waals surface area contributed by atoms with Crippen LogP contribution in [-0.2, 0) is 11.2 Å². The van der Waals surface area contributed by atoms with Gasteiger partial charge in [0.15, 0.2) is 0 Å². The summed E-state index contributed by atoms with van der Waals surface area (Å²) in [6, 6.07) is 10.4.